The van der Waals surface area contributed by atoms with Crippen molar-refractivity contribution in [1.82, 2.24) is 0 Å². The van der Waals surface area contributed by atoms with Crippen molar-refractivity contribution >= 4 is 5.78 Å². The third-order valence-corrected chi connectivity index (χ3v) is 8.96. The number of aliphatic hydroxyl groups excluding tert-OH is 2. The van der Waals surface area contributed by atoms with E-state index in [9.17, 15) is 25.2 Å². The highest BCUT2D eigenvalue weighted by molar-refractivity contribution is 5.80. The summed E-state index contributed by atoms with van der Waals surface area (Å²) in [5.74, 6) is -0.733. The van der Waals surface area contributed by atoms with Crippen molar-refractivity contribution in [1.29, 1.82) is 0 Å². The Balaban J connectivity index is 1.84. The largest absolute Gasteiger partial charge is 0.393 e. The Kier molecular flexibility index (Phi) is 3.87. The molecule has 0 aromatic heterocycles. The van der Waals surface area contributed by atoms with Crippen LogP contribution in [-0.4, -0.2) is 49.6 Å². The van der Waals surface area contributed by atoms with Crippen molar-refractivity contribution in [3.63, 3.8) is 0 Å². The average Bonchev–Trinajstić information content (AvgIpc) is 2.86. The number of Topliss-reactive ketones (excluding diaryl/α,β-unsaturated/α-hetero) is 1. The van der Waals surface area contributed by atoms with Crippen LogP contribution >= 0.6 is 0 Å². The van der Waals surface area contributed by atoms with Crippen molar-refractivity contribution in [3.8, 4) is 0 Å². The zero-order valence-electron chi connectivity index (χ0n) is 16.0. The van der Waals surface area contributed by atoms with E-state index in [0.717, 1.165) is 12.0 Å². The number of carbonyl (C=O) groups is 1. The topological polar surface area (TPSA) is 98.0 Å². The van der Waals surface area contributed by atoms with Gasteiger partial charge in [-0.1, -0.05) is 25.5 Å². The highest BCUT2D eigenvalue weighted by Gasteiger charge is 2.76. The Hall–Kier alpha value is -0.750. The Morgan fingerprint density at radius 1 is 1.15 bits per heavy atom. The van der Waals surface area contributed by atoms with Crippen LogP contribution in [0.25, 0.3) is 0 Å². The van der Waals surface area contributed by atoms with Gasteiger partial charge in [-0.25, -0.2) is 0 Å². The molecule has 5 heteroatoms. The molecule has 0 aromatic carbocycles. The van der Waals surface area contributed by atoms with Crippen molar-refractivity contribution in [2.75, 3.05) is 0 Å². The first-order chi connectivity index (χ1) is 12.0. The van der Waals surface area contributed by atoms with E-state index in [2.05, 4.69) is 6.92 Å². The summed E-state index contributed by atoms with van der Waals surface area (Å²) in [7, 11) is 0. The van der Waals surface area contributed by atoms with Gasteiger partial charge in [-0.05, 0) is 57.3 Å². The monoisotopic (exact) mass is 364 g/mol. The standard InChI is InChI=1S/C21H32O5/c1-12(22)15-6-9-21(26)19(15,3)17(24)11-16-18(2)7-5-14(23)10-13(18)4-8-20(16,21)25/h4,14-17,23-26H,5-11H2,1-3H3. The predicted molar refractivity (Wildman–Crippen MR) is 96.2 cm³/mol. The normalized spacial score (nSPS) is 56.2. The zero-order chi connectivity index (χ0) is 19.1. The highest BCUT2D eigenvalue weighted by atomic mass is 16.4. The highest BCUT2D eigenvalue weighted by Crippen LogP contribution is 2.69. The fraction of sp³-hybridized carbons (Fsp3) is 0.857. The molecule has 0 radical (unpaired) electrons. The van der Waals surface area contributed by atoms with E-state index in [4.69, 9.17) is 0 Å². The Bertz CT molecular complexity index is 673. The molecule has 4 N–H and O–H groups in total. The second kappa shape index (κ2) is 5.40. The van der Waals surface area contributed by atoms with Gasteiger partial charge in [0.25, 0.3) is 0 Å². The van der Waals surface area contributed by atoms with Crippen molar-refractivity contribution in [3.05, 3.63) is 11.6 Å². The molecule has 8 atom stereocenters. The molecule has 0 bridgehead atoms. The van der Waals surface area contributed by atoms with Gasteiger partial charge in [0.2, 0.25) is 0 Å². The van der Waals surface area contributed by atoms with Crippen LogP contribution in [0.15, 0.2) is 11.6 Å². The Labute approximate surface area is 155 Å². The molecule has 0 heterocycles. The lowest BCUT2D eigenvalue weighted by atomic mass is 9.43. The summed E-state index contributed by atoms with van der Waals surface area (Å²) < 4.78 is 0. The van der Waals surface area contributed by atoms with Crippen LogP contribution in [-0.2, 0) is 4.79 Å². The van der Waals surface area contributed by atoms with Gasteiger partial charge >= 0.3 is 0 Å². The molecule has 5 nitrogen and oxygen atoms in total. The maximum absolute atomic E-state index is 12.2. The summed E-state index contributed by atoms with van der Waals surface area (Å²) in [4.78, 5) is 12.2. The number of hydrogen-bond acceptors (Lipinski definition) is 5. The summed E-state index contributed by atoms with van der Waals surface area (Å²) in [6.07, 6.45) is 4.36. The molecular formula is C21H32O5. The molecule has 0 saturated heterocycles. The molecule has 0 aliphatic heterocycles. The molecule has 3 fully saturated rings. The molecule has 4 aliphatic rings. The van der Waals surface area contributed by atoms with E-state index in [1.54, 1.807) is 6.92 Å². The van der Waals surface area contributed by atoms with Crippen LogP contribution < -0.4 is 0 Å². The van der Waals surface area contributed by atoms with Gasteiger partial charge in [-0.2, -0.15) is 0 Å². The molecule has 146 valence electrons. The summed E-state index contributed by atoms with van der Waals surface area (Å²) in [5.41, 5.74) is -3.06. The molecule has 4 rings (SSSR count). The summed E-state index contributed by atoms with van der Waals surface area (Å²) in [6.45, 7) is 5.42. The first kappa shape index (κ1) is 18.6. The minimum atomic E-state index is -1.49. The van der Waals surface area contributed by atoms with E-state index in [-0.39, 0.29) is 23.2 Å². The van der Waals surface area contributed by atoms with Gasteiger partial charge in [-0.3, -0.25) is 4.79 Å². The van der Waals surface area contributed by atoms with Gasteiger partial charge in [0.05, 0.1) is 12.2 Å². The average molecular weight is 364 g/mol. The van der Waals surface area contributed by atoms with Gasteiger partial charge in [0.1, 0.15) is 17.0 Å². The number of carbonyl (C=O) groups excluding carboxylic acids is 1. The zero-order valence-corrected chi connectivity index (χ0v) is 16.0. The minimum Gasteiger partial charge on any atom is -0.393 e. The molecule has 0 spiro atoms. The smallest absolute Gasteiger partial charge is 0.133 e. The van der Waals surface area contributed by atoms with E-state index in [1.807, 2.05) is 6.08 Å². The Morgan fingerprint density at radius 3 is 2.50 bits per heavy atom. The van der Waals surface area contributed by atoms with Gasteiger partial charge in [0, 0.05) is 17.3 Å². The van der Waals surface area contributed by atoms with E-state index >= 15 is 0 Å². The number of aliphatic hydroxyl groups is 4. The molecule has 0 amide bonds. The van der Waals surface area contributed by atoms with Crippen molar-refractivity contribution < 1.29 is 25.2 Å². The van der Waals surface area contributed by atoms with Crippen LogP contribution in [0.3, 0.4) is 0 Å². The third-order valence-electron chi connectivity index (χ3n) is 8.96. The van der Waals surface area contributed by atoms with Gasteiger partial charge < -0.3 is 20.4 Å². The van der Waals surface area contributed by atoms with Crippen LogP contribution in [0.4, 0.5) is 0 Å². The number of rotatable bonds is 1. The second-order valence-corrected chi connectivity index (χ2v) is 9.82. The van der Waals surface area contributed by atoms with Crippen molar-refractivity contribution in [2.45, 2.75) is 89.1 Å². The third kappa shape index (κ3) is 1.93. The molecular weight excluding hydrogens is 332 g/mol. The van der Waals surface area contributed by atoms with E-state index in [1.165, 1.54) is 6.92 Å². The number of fused-ring (bicyclic) bond motifs is 5. The summed E-state index contributed by atoms with van der Waals surface area (Å²) in [6, 6.07) is 0. The lowest BCUT2D eigenvalue weighted by Crippen LogP contribution is -2.75. The molecule has 0 aromatic rings. The van der Waals surface area contributed by atoms with Gasteiger partial charge in [-0.15, -0.1) is 0 Å². The molecule has 3 saturated carbocycles. The molecule has 4 aliphatic carbocycles. The van der Waals surface area contributed by atoms with Crippen LogP contribution in [0.1, 0.15) is 65.7 Å². The maximum atomic E-state index is 12.2. The summed E-state index contributed by atoms with van der Waals surface area (Å²) >= 11 is 0. The SMILES string of the molecule is CC(=O)C1CCC2(O)C3(O)CC=C4CC(O)CCC4(C)C3CC(O)C12C. The van der Waals surface area contributed by atoms with Crippen LogP contribution in [0.2, 0.25) is 0 Å². The molecule has 8 unspecified atom stereocenters. The van der Waals surface area contributed by atoms with Crippen LogP contribution in [0.5, 0.6) is 0 Å². The summed E-state index contributed by atoms with van der Waals surface area (Å²) in [5, 5.41) is 44.9. The van der Waals surface area contributed by atoms with Gasteiger partial charge in [0.15, 0.2) is 0 Å². The fourth-order valence-corrected chi connectivity index (χ4v) is 7.29. The number of ketones is 1. The first-order valence-electron chi connectivity index (χ1n) is 10.0. The number of hydrogen-bond donors (Lipinski definition) is 4. The maximum Gasteiger partial charge on any atom is 0.133 e. The van der Waals surface area contributed by atoms with E-state index < -0.39 is 28.6 Å². The first-order valence-corrected chi connectivity index (χ1v) is 10.0. The fourth-order valence-electron chi connectivity index (χ4n) is 7.29. The lowest BCUT2D eigenvalue weighted by Gasteiger charge is -2.66. The quantitative estimate of drug-likeness (QED) is 0.531. The van der Waals surface area contributed by atoms with Crippen molar-refractivity contribution in [2.24, 2.45) is 22.7 Å². The Morgan fingerprint density at radius 2 is 1.85 bits per heavy atom. The molecule has 26 heavy (non-hydrogen) atoms. The second-order valence-electron chi connectivity index (χ2n) is 9.82. The predicted octanol–water partition coefficient (Wildman–Crippen LogP) is 1.72. The van der Waals surface area contributed by atoms with Crippen LogP contribution in [0, 0.1) is 22.7 Å². The minimum absolute atomic E-state index is 0.0245. The lowest BCUT2D eigenvalue weighted by molar-refractivity contribution is -0.297. The van der Waals surface area contributed by atoms with E-state index in [0.29, 0.717) is 38.5 Å².